The molecule has 8 heteroatoms. The van der Waals surface area contributed by atoms with E-state index in [1.165, 1.54) is 16.8 Å². The van der Waals surface area contributed by atoms with Crippen molar-refractivity contribution >= 4 is 5.97 Å². The van der Waals surface area contributed by atoms with Gasteiger partial charge in [-0.05, 0) is 13.8 Å². The Labute approximate surface area is 126 Å². The van der Waals surface area contributed by atoms with Gasteiger partial charge in [-0.2, -0.15) is 0 Å². The van der Waals surface area contributed by atoms with Gasteiger partial charge in [0.05, 0.1) is 6.61 Å². The van der Waals surface area contributed by atoms with Crippen LogP contribution in [0.4, 0.5) is 0 Å². The molecule has 22 heavy (non-hydrogen) atoms. The lowest BCUT2D eigenvalue weighted by Crippen LogP contribution is -2.33. The third kappa shape index (κ3) is 3.34. The van der Waals surface area contributed by atoms with E-state index in [0.29, 0.717) is 5.56 Å². The number of allylic oxidation sites excluding steroid dienone is 1. The number of H-pyrrole nitrogens is 1. The fourth-order valence-corrected chi connectivity index (χ4v) is 2.28. The third-order valence-electron chi connectivity index (χ3n) is 3.39. The number of nitrogens with zero attached hydrogens (tertiary/aromatic N) is 1. The molecule has 3 atom stereocenters. The molecule has 0 aromatic carbocycles. The lowest BCUT2D eigenvalue weighted by atomic mass is 10.2. The molecule has 2 rings (SSSR count). The minimum Gasteiger partial charge on any atom is -0.456 e. The van der Waals surface area contributed by atoms with Crippen molar-refractivity contribution in [2.75, 3.05) is 6.61 Å². The summed E-state index contributed by atoms with van der Waals surface area (Å²) in [5, 5.41) is 9.33. The van der Waals surface area contributed by atoms with Gasteiger partial charge in [0.15, 0.2) is 0 Å². The number of aliphatic hydroxyl groups is 1. The van der Waals surface area contributed by atoms with Crippen LogP contribution in [-0.2, 0) is 14.3 Å². The molecule has 1 fully saturated rings. The standard InChI is InChI=1S/C14H18N2O6/c1-3-4-12(18)22-9-5-11(21-10(9)7-17)16-6-8(2)13(19)15-14(16)20/h3-4,6,9-11,17H,5,7H2,1-2H3,(H,15,19,20)/b4-3+/t9-,10+,11+/m0/s1. The minimum atomic E-state index is -0.724. The molecule has 2 N–H and O–H groups in total. The van der Waals surface area contributed by atoms with Crippen molar-refractivity contribution in [3.63, 3.8) is 0 Å². The molecule has 0 spiro atoms. The van der Waals surface area contributed by atoms with Gasteiger partial charge in [-0.15, -0.1) is 0 Å². The summed E-state index contributed by atoms with van der Waals surface area (Å²) in [6.07, 6.45) is 2.29. The van der Waals surface area contributed by atoms with Gasteiger partial charge in [0.25, 0.3) is 5.56 Å². The van der Waals surface area contributed by atoms with Crippen LogP contribution < -0.4 is 11.2 Å². The summed E-state index contributed by atoms with van der Waals surface area (Å²) in [4.78, 5) is 36.9. The molecule has 0 radical (unpaired) electrons. The number of esters is 1. The van der Waals surface area contributed by atoms with E-state index in [2.05, 4.69) is 4.98 Å². The normalized spacial score (nSPS) is 24.8. The number of aromatic nitrogens is 2. The maximum absolute atomic E-state index is 11.9. The number of carbonyl (C=O) groups excluding carboxylic acids is 1. The van der Waals surface area contributed by atoms with Gasteiger partial charge in [0.2, 0.25) is 0 Å². The Kier molecular flexibility index (Phi) is 4.94. The van der Waals surface area contributed by atoms with E-state index >= 15 is 0 Å². The Hall–Kier alpha value is -2.19. The predicted octanol–water partition coefficient (Wildman–Crippen LogP) is -0.387. The quantitative estimate of drug-likeness (QED) is 0.579. The van der Waals surface area contributed by atoms with Crippen LogP contribution in [0.3, 0.4) is 0 Å². The molecule has 120 valence electrons. The molecule has 0 amide bonds. The molecule has 1 aromatic heterocycles. The smallest absolute Gasteiger partial charge is 0.330 e. The first-order valence-corrected chi connectivity index (χ1v) is 6.88. The molecule has 0 bridgehead atoms. The van der Waals surface area contributed by atoms with Crippen molar-refractivity contribution < 1.29 is 19.4 Å². The summed E-state index contributed by atoms with van der Waals surface area (Å²) in [6.45, 7) is 2.90. The minimum absolute atomic E-state index is 0.208. The number of rotatable bonds is 4. The van der Waals surface area contributed by atoms with Crippen molar-refractivity contribution in [1.29, 1.82) is 0 Å². The molecule has 2 heterocycles. The van der Waals surface area contributed by atoms with E-state index in [0.717, 1.165) is 0 Å². The summed E-state index contributed by atoms with van der Waals surface area (Å²) >= 11 is 0. The molecule has 1 saturated heterocycles. The number of ether oxygens (including phenoxy) is 2. The highest BCUT2D eigenvalue weighted by Gasteiger charge is 2.38. The van der Waals surface area contributed by atoms with E-state index in [-0.39, 0.29) is 13.0 Å². The molecule has 1 aliphatic rings. The Morgan fingerprint density at radius 3 is 2.95 bits per heavy atom. The number of aryl methyl sites for hydroxylation is 1. The lowest BCUT2D eigenvalue weighted by molar-refractivity contribution is -0.147. The average Bonchev–Trinajstić information content (AvgIpc) is 2.85. The highest BCUT2D eigenvalue weighted by atomic mass is 16.6. The zero-order valence-corrected chi connectivity index (χ0v) is 12.3. The van der Waals surface area contributed by atoms with Crippen LogP contribution in [-0.4, -0.2) is 39.4 Å². The van der Waals surface area contributed by atoms with Crippen LogP contribution in [0.1, 0.15) is 25.1 Å². The highest BCUT2D eigenvalue weighted by molar-refractivity contribution is 5.81. The monoisotopic (exact) mass is 310 g/mol. The largest absolute Gasteiger partial charge is 0.456 e. The Balaban J connectivity index is 2.21. The van der Waals surface area contributed by atoms with Crippen LogP contribution in [0.25, 0.3) is 0 Å². The molecule has 1 aromatic rings. The van der Waals surface area contributed by atoms with Crippen LogP contribution >= 0.6 is 0 Å². The van der Waals surface area contributed by atoms with Crippen LogP contribution in [0.2, 0.25) is 0 Å². The topological polar surface area (TPSA) is 111 Å². The second-order valence-corrected chi connectivity index (χ2v) is 5.00. The van der Waals surface area contributed by atoms with E-state index in [1.54, 1.807) is 19.9 Å². The molecule has 8 nitrogen and oxygen atoms in total. The molecular formula is C14H18N2O6. The molecule has 0 saturated carbocycles. The number of aromatic amines is 1. The zero-order valence-electron chi connectivity index (χ0n) is 12.3. The Morgan fingerprint density at radius 2 is 2.32 bits per heavy atom. The highest BCUT2D eigenvalue weighted by Crippen LogP contribution is 2.29. The van der Waals surface area contributed by atoms with Crippen molar-refractivity contribution in [3.8, 4) is 0 Å². The summed E-state index contributed by atoms with van der Waals surface area (Å²) in [5.74, 6) is -0.541. The number of aliphatic hydroxyl groups excluding tert-OH is 1. The Bertz CT molecular complexity index is 689. The fraction of sp³-hybridized carbons (Fsp3) is 0.500. The summed E-state index contributed by atoms with van der Waals surface area (Å²) in [7, 11) is 0. The summed E-state index contributed by atoms with van der Waals surface area (Å²) in [6, 6.07) is 0. The first-order valence-electron chi connectivity index (χ1n) is 6.88. The van der Waals surface area contributed by atoms with Crippen molar-refractivity contribution in [2.24, 2.45) is 0 Å². The van der Waals surface area contributed by atoms with Crippen molar-refractivity contribution in [1.82, 2.24) is 9.55 Å². The van der Waals surface area contributed by atoms with Crippen molar-refractivity contribution in [2.45, 2.75) is 38.7 Å². The number of carbonyl (C=O) groups is 1. The Morgan fingerprint density at radius 1 is 1.59 bits per heavy atom. The molecule has 1 aliphatic heterocycles. The van der Waals surface area contributed by atoms with Gasteiger partial charge < -0.3 is 14.6 Å². The number of hydrogen-bond donors (Lipinski definition) is 2. The average molecular weight is 310 g/mol. The van der Waals surface area contributed by atoms with Crippen LogP contribution in [0.5, 0.6) is 0 Å². The first kappa shape index (κ1) is 16.2. The first-order chi connectivity index (χ1) is 10.5. The van der Waals surface area contributed by atoms with E-state index < -0.39 is 35.7 Å². The maximum Gasteiger partial charge on any atom is 0.330 e. The van der Waals surface area contributed by atoms with E-state index in [9.17, 15) is 19.5 Å². The van der Waals surface area contributed by atoms with Crippen LogP contribution in [0.15, 0.2) is 27.9 Å². The number of nitrogens with one attached hydrogen (secondary N) is 1. The van der Waals surface area contributed by atoms with Gasteiger partial charge in [0, 0.05) is 24.3 Å². The second-order valence-electron chi connectivity index (χ2n) is 5.00. The number of hydrogen-bond acceptors (Lipinski definition) is 6. The van der Waals surface area contributed by atoms with Crippen LogP contribution in [0, 0.1) is 6.92 Å². The zero-order chi connectivity index (χ0) is 16.3. The summed E-state index contributed by atoms with van der Waals surface area (Å²) < 4.78 is 12.0. The SMILES string of the molecule is C/C=C/C(=O)O[C@H]1C[C@H](n2cc(C)c(=O)[nH]c2=O)O[C@@H]1CO. The fourth-order valence-electron chi connectivity index (χ4n) is 2.28. The van der Waals surface area contributed by atoms with Crippen molar-refractivity contribution in [3.05, 3.63) is 44.8 Å². The molecule has 0 aliphatic carbocycles. The van der Waals surface area contributed by atoms with Gasteiger partial charge in [-0.1, -0.05) is 6.08 Å². The molecular weight excluding hydrogens is 292 g/mol. The lowest BCUT2D eigenvalue weighted by Gasteiger charge is -2.15. The maximum atomic E-state index is 11.9. The predicted molar refractivity (Wildman–Crippen MR) is 76.4 cm³/mol. The van der Waals surface area contributed by atoms with Gasteiger partial charge in [-0.3, -0.25) is 14.3 Å². The molecule has 0 unspecified atom stereocenters. The summed E-state index contributed by atoms with van der Waals surface area (Å²) in [5.41, 5.74) is -0.718. The second kappa shape index (κ2) is 6.71. The van der Waals surface area contributed by atoms with E-state index in [1.807, 2.05) is 0 Å². The van der Waals surface area contributed by atoms with Gasteiger partial charge in [0.1, 0.15) is 18.4 Å². The van der Waals surface area contributed by atoms with E-state index in [4.69, 9.17) is 9.47 Å². The van der Waals surface area contributed by atoms with Gasteiger partial charge >= 0.3 is 11.7 Å². The van der Waals surface area contributed by atoms with Gasteiger partial charge in [-0.25, -0.2) is 9.59 Å². The third-order valence-corrected chi connectivity index (χ3v) is 3.39.